The summed E-state index contributed by atoms with van der Waals surface area (Å²) in [4.78, 5) is 39.8. The molecule has 1 fully saturated rings. The molecule has 35 heavy (non-hydrogen) atoms. The van der Waals surface area contributed by atoms with Crippen LogP contribution in [0.15, 0.2) is 48.8 Å². The van der Waals surface area contributed by atoms with Gasteiger partial charge in [0.05, 0.1) is 25.3 Å². The van der Waals surface area contributed by atoms with E-state index in [0.29, 0.717) is 17.7 Å². The summed E-state index contributed by atoms with van der Waals surface area (Å²) in [5, 5.41) is 12.7. The zero-order valence-electron chi connectivity index (χ0n) is 19.1. The summed E-state index contributed by atoms with van der Waals surface area (Å²) in [7, 11) is 1.31. The number of hydrogen-bond donors (Lipinski definition) is 3. The minimum atomic E-state index is -0.393. The molecular formula is C23H25N9O3. The number of aromatic amines is 1. The second kappa shape index (κ2) is 9.79. The van der Waals surface area contributed by atoms with Crippen molar-refractivity contribution < 1.29 is 14.3 Å². The number of fused-ring (bicyclic) bond motifs is 1. The van der Waals surface area contributed by atoms with Gasteiger partial charge in [-0.3, -0.25) is 24.1 Å². The lowest BCUT2D eigenvalue weighted by Gasteiger charge is -2.24. The maximum Gasteiger partial charge on any atom is 0.307 e. The van der Waals surface area contributed by atoms with Crippen LogP contribution in [0.4, 0.5) is 17.7 Å². The van der Waals surface area contributed by atoms with Crippen LogP contribution in [0.25, 0.3) is 5.65 Å². The van der Waals surface area contributed by atoms with Crippen LogP contribution in [0.3, 0.4) is 0 Å². The Balaban J connectivity index is 1.36. The Morgan fingerprint density at radius 1 is 1.23 bits per heavy atom. The van der Waals surface area contributed by atoms with Gasteiger partial charge < -0.3 is 20.3 Å². The topological polar surface area (TPSA) is 142 Å². The van der Waals surface area contributed by atoms with Gasteiger partial charge in [0, 0.05) is 31.5 Å². The van der Waals surface area contributed by atoms with E-state index in [1.165, 1.54) is 7.11 Å². The molecule has 4 aromatic heterocycles. The highest BCUT2D eigenvalue weighted by Gasteiger charge is 2.29. The summed E-state index contributed by atoms with van der Waals surface area (Å²) >= 11 is 0. The van der Waals surface area contributed by atoms with Gasteiger partial charge in [0.25, 0.3) is 5.91 Å². The monoisotopic (exact) mass is 475 g/mol. The summed E-state index contributed by atoms with van der Waals surface area (Å²) in [6, 6.07) is 11.4. The SMILES string of the molecule is COC(=O)CCNC(=O)c1cc(Nc2nc(N3CCCC3c3ccccn3)nc3cccn23)n[nH]1. The maximum absolute atomic E-state index is 12.3. The molecule has 1 unspecified atom stereocenters. The molecule has 0 radical (unpaired) electrons. The fourth-order valence-corrected chi connectivity index (χ4v) is 4.11. The number of hydrogen-bond acceptors (Lipinski definition) is 9. The van der Waals surface area contributed by atoms with Gasteiger partial charge in [-0.2, -0.15) is 15.1 Å². The van der Waals surface area contributed by atoms with Crippen LogP contribution in [0.1, 0.15) is 41.5 Å². The highest BCUT2D eigenvalue weighted by Crippen LogP contribution is 2.34. The number of aromatic nitrogens is 6. The Hall–Kier alpha value is -4.48. The number of carbonyl (C=O) groups is 2. The number of nitrogens with one attached hydrogen (secondary N) is 3. The van der Waals surface area contributed by atoms with E-state index in [1.54, 1.807) is 12.3 Å². The molecule has 0 saturated carbocycles. The lowest BCUT2D eigenvalue weighted by atomic mass is 10.1. The summed E-state index contributed by atoms with van der Waals surface area (Å²) < 4.78 is 6.39. The van der Waals surface area contributed by atoms with Crippen LogP contribution < -0.4 is 15.5 Å². The van der Waals surface area contributed by atoms with Crippen molar-refractivity contribution in [1.82, 2.24) is 34.9 Å². The van der Waals surface area contributed by atoms with Gasteiger partial charge in [-0.15, -0.1) is 0 Å². The Labute approximate surface area is 200 Å². The normalized spacial score (nSPS) is 15.3. The quantitative estimate of drug-likeness (QED) is 0.327. The third-order valence-electron chi connectivity index (χ3n) is 5.82. The first-order chi connectivity index (χ1) is 17.1. The van der Waals surface area contributed by atoms with Crippen molar-refractivity contribution >= 4 is 35.2 Å². The first kappa shape index (κ1) is 22.3. The van der Waals surface area contributed by atoms with Crippen molar-refractivity contribution in [3.8, 4) is 0 Å². The van der Waals surface area contributed by atoms with E-state index in [1.807, 2.05) is 40.9 Å². The molecule has 1 aliphatic heterocycles. The fraction of sp³-hybridized carbons (Fsp3) is 0.304. The molecule has 1 saturated heterocycles. The molecule has 0 aliphatic carbocycles. The van der Waals surface area contributed by atoms with E-state index in [2.05, 4.69) is 35.5 Å². The molecule has 180 valence electrons. The van der Waals surface area contributed by atoms with Crippen LogP contribution in [-0.2, 0) is 9.53 Å². The molecule has 0 spiro atoms. The van der Waals surface area contributed by atoms with Gasteiger partial charge in [-0.25, -0.2) is 0 Å². The van der Waals surface area contributed by atoms with Gasteiger partial charge in [0.15, 0.2) is 5.82 Å². The highest BCUT2D eigenvalue weighted by atomic mass is 16.5. The van der Waals surface area contributed by atoms with Gasteiger partial charge in [-0.05, 0) is 37.1 Å². The summed E-state index contributed by atoms with van der Waals surface area (Å²) in [5.74, 6) is 0.773. The molecule has 1 aliphatic rings. The first-order valence-corrected chi connectivity index (χ1v) is 11.3. The third-order valence-corrected chi connectivity index (χ3v) is 5.82. The van der Waals surface area contributed by atoms with Gasteiger partial charge >= 0.3 is 5.97 Å². The number of anilines is 3. The third kappa shape index (κ3) is 4.76. The first-order valence-electron chi connectivity index (χ1n) is 11.3. The molecule has 12 nitrogen and oxygen atoms in total. The standard InChI is InChI=1S/C23H25N9O3/c1-35-20(33)9-11-25-21(34)16-14-18(30-29-16)26-22-28-23(27-19-8-5-13-32(19)22)31-12-4-7-17(31)15-6-2-3-10-24-15/h2-3,5-6,8,10,13-14,17H,4,7,9,11-12H2,1H3,(H,25,34)(H2,26,27,28,29,30). The van der Waals surface area contributed by atoms with Crippen molar-refractivity contribution in [3.05, 3.63) is 60.2 Å². The zero-order valence-corrected chi connectivity index (χ0v) is 19.1. The van der Waals surface area contributed by atoms with E-state index < -0.39 is 5.97 Å². The average molecular weight is 476 g/mol. The summed E-state index contributed by atoms with van der Waals surface area (Å²) in [5.41, 5.74) is 1.99. The fourth-order valence-electron chi connectivity index (χ4n) is 4.11. The lowest BCUT2D eigenvalue weighted by Crippen LogP contribution is -2.26. The molecule has 3 N–H and O–H groups in total. The molecule has 5 heterocycles. The van der Waals surface area contributed by atoms with E-state index in [0.717, 1.165) is 30.7 Å². The number of esters is 1. The Bertz CT molecular complexity index is 1330. The van der Waals surface area contributed by atoms with Crippen molar-refractivity contribution in [2.24, 2.45) is 0 Å². The highest BCUT2D eigenvalue weighted by molar-refractivity contribution is 5.93. The van der Waals surface area contributed by atoms with E-state index in [-0.39, 0.29) is 30.6 Å². The number of pyridine rings is 1. The van der Waals surface area contributed by atoms with Gasteiger partial charge in [-0.1, -0.05) is 6.07 Å². The van der Waals surface area contributed by atoms with E-state index >= 15 is 0 Å². The van der Waals surface area contributed by atoms with Crippen molar-refractivity contribution in [3.63, 3.8) is 0 Å². The molecule has 1 amide bonds. The smallest absolute Gasteiger partial charge is 0.307 e. The van der Waals surface area contributed by atoms with Gasteiger partial charge in [0.2, 0.25) is 11.9 Å². The molecule has 5 rings (SSSR count). The Morgan fingerprint density at radius 2 is 2.14 bits per heavy atom. The van der Waals surface area contributed by atoms with Crippen molar-refractivity contribution in [2.45, 2.75) is 25.3 Å². The number of H-pyrrole nitrogens is 1. The van der Waals surface area contributed by atoms with Crippen molar-refractivity contribution in [1.29, 1.82) is 0 Å². The maximum atomic E-state index is 12.3. The molecule has 1 atom stereocenters. The second-order valence-electron chi connectivity index (χ2n) is 8.06. The molecule has 4 aromatic rings. The van der Waals surface area contributed by atoms with E-state index in [9.17, 15) is 9.59 Å². The Kier molecular flexibility index (Phi) is 6.24. The molecule has 12 heteroatoms. The summed E-state index contributed by atoms with van der Waals surface area (Å²) in [6.07, 6.45) is 5.74. The second-order valence-corrected chi connectivity index (χ2v) is 8.06. The lowest BCUT2D eigenvalue weighted by molar-refractivity contribution is -0.140. The number of methoxy groups -OCH3 is 1. The van der Waals surface area contributed by atoms with Crippen LogP contribution in [-0.4, -0.2) is 61.6 Å². The minimum Gasteiger partial charge on any atom is -0.469 e. The number of nitrogens with zero attached hydrogens (tertiary/aromatic N) is 6. The predicted molar refractivity (Wildman–Crippen MR) is 127 cm³/mol. The molecule has 0 bridgehead atoms. The average Bonchev–Trinajstić information content (AvgIpc) is 3.65. The predicted octanol–water partition coefficient (Wildman–Crippen LogP) is 2.23. The number of rotatable bonds is 8. The Morgan fingerprint density at radius 3 is 2.97 bits per heavy atom. The summed E-state index contributed by atoms with van der Waals surface area (Å²) in [6.45, 7) is 0.996. The minimum absolute atomic E-state index is 0.0901. The number of ether oxygens (including phenoxy) is 1. The number of amides is 1. The molecule has 0 aromatic carbocycles. The van der Waals surface area contributed by atoms with Crippen LogP contribution >= 0.6 is 0 Å². The number of carbonyl (C=O) groups excluding carboxylic acids is 2. The largest absolute Gasteiger partial charge is 0.469 e. The van der Waals surface area contributed by atoms with Crippen LogP contribution in [0, 0.1) is 0 Å². The van der Waals surface area contributed by atoms with E-state index in [4.69, 9.17) is 9.97 Å². The van der Waals surface area contributed by atoms with Crippen LogP contribution in [0.2, 0.25) is 0 Å². The zero-order chi connectivity index (χ0) is 24.2. The van der Waals surface area contributed by atoms with Gasteiger partial charge in [0.1, 0.15) is 11.3 Å². The van der Waals surface area contributed by atoms with Crippen LogP contribution in [0.5, 0.6) is 0 Å². The van der Waals surface area contributed by atoms with Crippen molar-refractivity contribution in [2.75, 3.05) is 30.4 Å². The molecular weight excluding hydrogens is 450 g/mol.